The number of benzene rings is 1. The van der Waals surface area contributed by atoms with Gasteiger partial charge in [0.1, 0.15) is 0 Å². The van der Waals surface area contributed by atoms with Gasteiger partial charge in [-0.25, -0.2) is 8.42 Å². The normalized spacial score (nSPS) is 11.8. The van der Waals surface area contributed by atoms with Crippen LogP contribution >= 0.6 is 15.9 Å². The Morgan fingerprint density at radius 2 is 2.05 bits per heavy atom. The molecule has 1 aromatic heterocycles. The van der Waals surface area contributed by atoms with E-state index in [1.54, 1.807) is 31.3 Å². The van der Waals surface area contributed by atoms with Gasteiger partial charge in [0.25, 0.3) is 0 Å². The van der Waals surface area contributed by atoms with Crippen molar-refractivity contribution in [1.29, 1.82) is 0 Å². The van der Waals surface area contributed by atoms with Crippen molar-refractivity contribution >= 4 is 31.6 Å². The predicted molar refractivity (Wildman–Crippen MR) is 86.2 cm³/mol. The molecule has 0 spiro atoms. The van der Waals surface area contributed by atoms with E-state index in [1.165, 1.54) is 17.4 Å². The Kier molecular flexibility index (Phi) is 4.65. The van der Waals surface area contributed by atoms with E-state index in [9.17, 15) is 8.42 Å². The van der Waals surface area contributed by atoms with Crippen LogP contribution in [-0.4, -0.2) is 24.8 Å². The number of hydrogen-bond acceptors (Lipinski definition) is 4. The molecule has 0 saturated heterocycles. The van der Waals surface area contributed by atoms with E-state index in [0.29, 0.717) is 21.4 Å². The number of halogens is 1. The minimum absolute atomic E-state index is 0.207. The van der Waals surface area contributed by atoms with Crippen molar-refractivity contribution < 1.29 is 8.42 Å². The van der Waals surface area contributed by atoms with Crippen LogP contribution in [0.1, 0.15) is 11.3 Å². The van der Waals surface area contributed by atoms with Crippen LogP contribution in [0.25, 0.3) is 0 Å². The van der Waals surface area contributed by atoms with Gasteiger partial charge in [-0.2, -0.15) is 4.31 Å². The maximum atomic E-state index is 12.6. The topological polar surface area (TPSA) is 76.3 Å². The average Bonchev–Trinajstić information content (AvgIpc) is 2.43. The lowest BCUT2D eigenvalue weighted by molar-refractivity contribution is 0.461. The highest BCUT2D eigenvalue weighted by molar-refractivity contribution is 9.10. The SMILES string of the molecule is Cc1cc(Br)c(N)cc1S(=O)(=O)N(C)Cc1ccccn1. The van der Waals surface area contributed by atoms with E-state index in [-0.39, 0.29) is 11.4 Å². The smallest absolute Gasteiger partial charge is 0.243 e. The second-order valence-corrected chi connectivity index (χ2v) is 7.59. The number of aryl methyl sites for hydroxylation is 1. The first kappa shape index (κ1) is 15.9. The Labute approximate surface area is 133 Å². The van der Waals surface area contributed by atoms with Gasteiger partial charge in [-0.3, -0.25) is 4.98 Å². The van der Waals surface area contributed by atoms with E-state index >= 15 is 0 Å². The van der Waals surface area contributed by atoms with E-state index in [1.807, 2.05) is 6.07 Å². The second-order valence-electron chi connectivity index (χ2n) is 4.72. The fourth-order valence-corrected chi connectivity index (χ4v) is 3.76. The van der Waals surface area contributed by atoms with Crippen LogP contribution in [0.4, 0.5) is 5.69 Å². The molecule has 21 heavy (non-hydrogen) atoms. The van der Waals surface area contributed by atoms with Gasteiger partial charge in [-0.15, -0.1) is 0 Å². The average molecular weight is 370 g/mol. The molecule has 2 rings (SSSR count). The lowest BCUT2D eigenvalue weighted by Gasteiger charge is -2.19. The maximum Gasteiger partial charge on any atom is 0.243 e. The minimum atomic E-state index is -3.61. The van der Waals surface area contributed by atoms with Gasteiger partial charge < -0.3 is 5.73 Å². The summed E-state index contributed by atoms with van der Waals surface area (Å²) >= 11 is 3.29. The fraction of sp³-hybridized carbons (Fsp3) is 0.214. The van der Waals surface area contributed by atoms with Crippen molar-refractivity contribution in [3.63, 3.8) is 0 Å². The van der Waals surface area contributed by atoms with Crippen molar-refractivity contribution in [2.75, 3.05) is 12.8 Å². The van der Waals surface area contributed by atoms with Crippen LogP contribution in [-0.2, 0) is 16.6 Å². The summed E-state index contributed by atoms with van der Waals surface area (Å²) in [5.41, 5.74) is 7.52. The van der Waals surface area contributed by atoms with Crippen LogP contribution in [0.2, 0.25) is 0 Å². The van der Waals surface area contributed by atoms with Crippen molar-refractivity contribution in [3.8, 4) is 0 Å². The molecule has 0 bridgehead atoms. The maximum absolute atomic E-state index is 12.6. The summed E-state index contributed by atoms with van der Waals surface area (Å²) in [6.07, 6.45) is 1.64. The number of sulfonamides is 1. The van der Waals surface area contributed by atoms with Crippen LogP contribution in [0.15, 0.2) is 45.9 Å². The molecule has 5 nitrogen and oxygen atoms in total. The zero-order valence-corrected chi connectivity index (χ0v) is 14.1. The molecule has 0 fully saturated rings. The number of anilines is 1. The van der Waals surface area contributed by atoms with Gasteiger partial charge >= 0.3 is 0 Å². The quantitative estimate of drug-likeness (QED) is 0.840. The van der Waals surface area contributed by atoms with Gasteiger partial charge in [-0.05, 0) is 52.7 Å². The molecule has 2 aromatic rings. The zero-order valence-electron chi connectivity index (χ0n) is 11.7. The number of nitrogen functional groups attached to an aromatic ring is 1. The van der Waals surface area contributed by atoms with E-state index in [2.05, 4.69) is 20.9 Å². The van der Waals surface area contributed by atoms with E-state index in [4.69, 9.17) is 5.73 Å². The van der Waals surface area contributed by atoms with Gasteiger partial charge in [0, 0.05) is 23.4 Å². The van der Waals surface area contributed by atoms with Crippen LogP contribution < -0.4 is 5.73 Å². The summed E-state index contributed by atoms with van der Waals surface area (Å²) in [5, 5.41) is 0. The third kappa shape index (κ3) is 3.42. The standard InChI is InChI=1S/C14H16BrN3O2S/c1-10-7-12(15)13(16)8-14(10)21(19,20)18(2)9-11-5-3-4-6-17-11/h3-8H,9,16H2,1-2H3. The van der Waals surface area contributed by atoms with Gasteiger partial charge in [0.2, 0.25) is 10.0 Å². The van der Waals surface area contributed by atoms with E-state index in [0.717, 1.165) is 0 Å². The molecule has 0 aliphatic heterocycles. The van der Waals surface area contributed by atoms with Gasteiger partial charge in [-0.1, -0.05) is 6.07 Å². The molecule has 0 saturated carbocycles. The Hall–Kier alpha value is -1.44. The molecular weight excluding hydrogens is 354 g/mol. The summed E-state index contributed by atoms with van der Waals surface area (Å²) in [6, 6.07) is 8.58. The summed E-state index contributed by atoms with van der Waals surface area (Å²) in [5.74, 6) is 0. The minimum Gasteiger partial charge on any atom is -0.398 e. The van der Waals surface area contributed by atoms with Crippen molar-refractivity contribution in [2.45, 2.75) is 18.4 Å². The third-order valence-corrected chi connectivity index (χ3v) is 5.73. The highest BCUT2D eigenvalue weighted by atomic mass is 79.9. The molecule has 1 aromatic carbocycles. The largest absolute Gasteiger partial charge is 0.398 e. The highest BCUT2D eigenvalue weighted by Crippen LogP contribution is 2.28. The fourth-order valence-electron chi connectivity index (χ4n) is 1.92. The van der Waals surface area contributed by atoms with Crippen LogP contribution in [0.5, 0.6) is 0 Å². The first-order valence-corrected chi connectivity index (χ1v) is 8.47. The number of nitrogens with zero attached hydrogens (tertiary/aromatic N) is 2. The van der Waals surface area contributed by atoms with Gasteiger partial charge in [0.05, 0.1) is 17.1 Å². The number of aromatic nitrogens is 1. The molecule has 0 amide bonds. The second kappa shape index (κ2) is 6.13. The zero-order chi connectivity index (χ0) is 15.6. The van der Waals surface area contributed by atoms with Crippen LogP contribution in [0.3, 0.4) is 0 Å². The van der Waals surface area contributed by atoms with Crippen molar-refractivity contribution in [1.82, 2.24) is 9.29 Å². The third-order valence-electron chi connectivity index (χ3n) is 3.09. The Morgan fingerprint density at radius 1 is 1.33 bits per heavy atom. The number of pyridine rings is 1. The monoisotopic (exact) mass is 369 g/mol. The molecule has 2 N–H and O–H groups in total. The van der Waals surface area contributed by atoms with E-state index < -0.39 is 10.0 Å². The molecule has 7 heteroatoms. The lowest BCUT2D eigenvalue weighted by atomic mass is 10.2. The van der Waals surface area contributed by atoms with Crippen LogP contribution in [0, 0.1) is 6.92 Å². The Bertz CT molecular complexity index is 748. The number of rotatable bonds is 4. The lowest BCUT2D eigenvalue weighted by Crippen LogP contribution is -2.27. The molecule has 0 aliphatic rings. The Morgan fingerprint density at radius 3 is 2.67 bits per heavy atom. The summed E-state index contributed by atoms with van der Waals surface area (Å²) in [4.78, 5) is 4.35. The predicted octanol–water partition coefficient (Wildman–Crippen LogP) is 2.56. The number of hydrogen-bond donors (Lipinski definition) is 1. The van der Waals surface area contributed by atoms with Crippen molar-refractivity contribution in [3.05, 3.63) is 52.3 Å². The Balaban J connectivity index is 2.36. The molecule has 0 atom stereocenters. The molecule has 112 valence electrons. The highest BCUT2D eigenvalue weighted by Gasteiger charge is 2.24. The first-order chi connectivity index (χ1) is 9.82. The molecule has 1 heterocycles. The molecule has 0 aliphatic carbocycles. The summed E-state index contributed by atoms with van der Waals surface area (Å²) in [6.45, 7) is 1.95. The molecular formula is C14H16BrN3O2S. The molecule has 0 radical (unpaired) electrons. The summed E-state index contributed by atoms with van der Waals surface area (Å²) in [7, 11) is -2.09. The van der Waals surface area contributed by atoms with Gasteiger partial charge in [0.15, 0.2) is 0 Å². The van der Waals surface area contributed by atoms with Crippen molar-refractivity contribution in [2.24, 2.45) is 0 Å². The summed E-state index contributed by atoms with van der Waals surface area (Å²) < 4.78 is 27.3. The number of nitrogens with two attached hydrogens (primary N) is 1. The molecule has 0 unspecified atom stereocenters. The first-order valence-electron chi connectivity index (χ1n) is 6.24.